The SMILES string of the molecule is CN(C)c1nc(NN)nc(NCCCO)n1. The van der Waals surface area contributed by atoms with Crippen LogP contribution in [0.2, 0.25) is 0 Å². The lowest BCUT2D eigenvalue weighted by Crippen LogP contribution is -2.19. The largest absolute Gasteiger partial charge is 0.396 e. The Morgan fingerprint density at radius 3 is 2.50 bits per heavy atom. The van der Waals surface area contributed by atoms with Gasteiger partial charge in [0.2, 0.25) is 17.8 Å². The van der Waals surface area contributed by atoms with Crippen molar-refractivity contribution < 1.29 is 5.11 Å². The molecule has 8 heteroatoms. The highest BCUT2D eigenvalue weighted by Crippen LogP contribution is 2.10. The van der Waals surface area contributed by atoms with Crippen LogP contribution in [0.5, 0.6) is 0 Å². The van der Waals surface area contributed by atoms with E-state index in [-0.39, 0.29) is 6.61 Å². The van der Waals surface area contributed by atoms with Gasteiger partial charge in [-0.05, 0) is 6.42 Å². The van der Waals surface area contributed by atoms with Gasteiger partial charge >= 0.3 is 0 Å². The highest BCUT2D eigenvalue weighted by atomic mass is 16.3. The summed E-state index contributed by atoms with van der Waals surface area (Å²) in [5.41, 5.74) is 2.37. The van der Waals surface area contributed by atoms with Gasteiger partial charge < -0.3 is 15.3 Å². The van der Waals surface area contributed by atoms with E-state index in [1.807, 2.05) is 14.1 Å². The van der Waals surface area contributed by atoms with Gasteiger partial charge in [0.25, 0.3) is 0 Å². The number of aliphatic hydroxyl groups is 1. The molecule has 0 aliphatic rings. The molecule has 0 aliphatic carbocycles. The van der Waals surface area contributed by atoms with Crippen LogP contribution in [0.25, 0.3) is 0 Å². The van der Waals surface area contributed by atoms with E-state index in [2.05, 4.69) is 25.7 Å². The van der Waals surface area contributed by atoms with Gasteiger partial charge in [-0.25, -0.2) is 5.84 Å². The fraction of sp³-hybridized carbons (Fsp3) is 0.625. The minimum atomic E-state index is 0.126. The minimum absolute atomic E-state index is 0.126. The summed E-state index contributed by atoms with van der Waals surface area (Å²) in [4.78, 5) is 14.0. The van der Waals surface area contributed by atoms with Gasteiger partial charge in [-0.15, -0.1) is 0 Å². The lowest BCUT2D eigenvalue weighted by atomic mass is 10.4. The molecule has 90 valence electrons. The van der Waals surface area contributed by atoms with Crippen LogP contribution in [-0.2, 0) is 0 Å². The predicted octanol–water partition coefficient (Wildman–Crippen LogP) is -0.982. The van der Waals surface area contributed by atoms with Crippen molar-refractivity contribution in [2.24, 2.45) is 5.84 Å². The van der Waals surface area contributed by atoms with Crippen molar-refractivity contribution in [2.75, 3.05) is 42.9 Å². The molecule has 0 unspecified atom stereocenters. The van der Waals surface area contributed by atoms with E-state index in [0.717, 1.165) is 0 Å². The molecule has 0 spiro atoms. The van der Waals surface area contributed by atoms with Crippen molar-refractivity contribution in [3.05, 3.63) is 0 Å². The van der Waals surface area contributed by atoms with E-state index in [1.54, 1.807) is 4.90 Å². The number of hydrogen-bond donors (Lipinski definition) is 4. The maximum atomic E-state index is 8.65. The first-order valence-corrected chi connectivity index (χ1v) is 4.92. The van der Waals surface area contributed by atoms with E-state index < -0.39 is 0 Å². The van der Waals surface area contributed by atoms with Crippen molar-refractivity contribution in [1.82, 2.24) is 15.0 Å². The third-order valence-electron chi connectivity index (χ3n) is 1.77. The Balaban J connectivity index is 2.78. The first kappa shape index (κ1) is 12.4. The molecule has 5 N–H and O–H groups in total. The van der Waals surface area contributed by atoms with Crippen LogP contribution >= 0.6 is 0 Å². The van der Waals surface area contributed by atoms with Crippen molar-refractivity contribution in [3.8, 4) is 0 Å². The maximum absolute atomic E-state index is 8.65. The number of rotatable bonds is 6. The van der Waals surface area contributed by atoms with Gasteiger partial charge in [0.05, 0.1) is 0 Å². The quantitative estimate of drug-likeness (QED) is 0.278. The molecule has 1 aromatic heterocycles. The molecule has 0 atom stereocenters. The molecule has 0 bridgehead atoms. The molecule has 1 rings (SSSR count). The predicted molar refractivity (Wildman–Crippen MR) is 62.2 cm³/mol. The molecule has 1 heterocycles. The third-order valence-corrected chi connectivity index (χ3v) is 1.77. The second-order valence-electron chi connectivity index (χ2n) is 3.33. The average molecular weight is 227 g/mol. The summed E-state index contributed by atoms with van der Waals surface area (Å²) < 4.78 is 0. The molecular formula is C8H17N7O. The number of nitrogen functional groups attached to an aromatic ring is 1. The van der Waals surface area contributed by atoms with E-state index in [0.29, 0.717) is 30.8 Å². The molecular weight excluding hydrogens is 210 g/mol. The monoisotopic (exact) mass is 227 g/mol. The topological polar surface area (TPSA) is 112 Å². The molecule has 16 heavy (non-hydrogen) atoms. The molecule has 0 aromatic carbocycles. The number of hydrazine groups is 1. The number of nitrogens with one attached hydrogen (secondary N) is 2. The number of nitrogens with zero attached hydrogens (tertiary/aromatic N) is 4. The molecule has 0 aliphatic heterocycles. The number of hydrogen-bond acceptors (Lipinski definition) is 8. The van der Waals surface area contributed by atoms with Crippen LogP contribution < -0.4 is 21.5 Å². The Morgan fingerprint density at radius 1 is 1.25 bits per heavy atom. The molecule has 0 fully saturated rings. The van der Waals surface area contributed by atoms with Crippen LogP contribution in [0.3, 0.4) is 0 Å². The van der Waals surface area contributed by atoms with Gasteiger partial charge in [0, 0.05) is 27.2 Å². The van der Waals surface area contributed by atoms with Crippen molar-refractivity contribution in [3.63, 3.8) is 0 Å². The molecule has 1 aromatic rings. The molecule has 0 saturated heterocycles. The Bertz CT molecular complexity index is 330. The number of nitrogens with two attached hydrogens (primary N) is 1. The van der Waals surface area contributed by atoms with Crippen molar-refractivity contribution >= 4 is 17.8 Å². The van der Waals surface area contributed by atoms with Crippen molar-refractivity contribution in [2.45, 2.75) is 6.42 Å². The molecule has 0 saturated carbocycles. The molecule has 0 amide bonds. The molecule has 8 nitrogen and oxygen atoms in total. The lowest BCUT2D eigenvalue weighted by molar-refractivity contribution is 0.292. The summed E-state index contributed by atoms with van der Waals surface area (Å²) >= 11 is 0. The molecule has 0 radical (unpaired) electrons. The van der Waals surface area contributed by atoms with E-state index in [9.17, 15) is 0 Å². The van der Waals surface area contributed by atoms with Gasteiger partial charge in [0.15, 0.2) is 0 Å². The summed E-state index contributed by atoms with van der Waals surface area (Å²) in [6.07, 6.45) is 0.633. The summed E-state index contributed by atoms with van der Waals surface area (Å²) in [7, 11) is 3.65. The van der Waals surface area contributed by atoms with E-state index in [4.69, 9.17) is 10.9 Å². The Hall–Kier alpha value is -1.67. The second-order valence-corrected chi connectivity index (χ2v) is 3.33. The average Bonchev–Trinajstić information content (AvgIpc) is 2.29. The zero-order valence-corrected chi connectivity index (χ0v) is 9.43. The first-order chi connectivity index (χ1) is 7.67. The number of anilines is 3. The highest BCUT2D eigenvalue weighted by Gasteiger charge is 2.06. The lowest BCUT2D eigenvalue weighted by Gasteiger charge is -2.12. The summed E-state index contributed by atoms with van der Waals surface area (Å²) in [6.45, 7) is 0.720. The minimum Gasteiger partial charge on any atom is -0.396 e. The van der Waals surface area contributed by atoms with Crippen LogP contribution in [0, 0.1) is 0 Å². The Morgan fingerprint density at radius 2 is 1.94 bits per heavy atom. The summed E-state index contributed by atoms with van der Waals surface area (Å²) in [5, 5.41) is 11.6. The zero-order valence-electron chi connectivity index (χ0n) is 9.43. The maximum Gasteiger partial charge on any atom is 0.243 e. The van der Waals surface area contributed by atoms with Crippen LogP contribution in [0.1, 0.15) is 6.42 Å². The zero-order chi connectivity index (χ0) is 12.0. The fourth-order valence-corrected chi connectivity index (χ4v) is 0.988. The van der Waals surface area contributed by atoms with Crippen molar-refractivity contribution in [1.29, 1.82) is 0 Å². The third kappa shape index (κ3) is 3.48. The highest BCUT2D eigenvalue weighted by molar-refractivity contribution is 5.42. The standard InChI is InChI=1S/C8H17N7O/c1-15(2)8-12-6(10-4-3-5-16)11-7(13-8)14-9/h16H,3-5,9H2,1-2H3,(H2,10,11,12,13,14). The summed E-state index contributed by atoms with van der Waals surface area (Å²) in [5.74, 6) is 6.49. The van der Waals surface area contributed by atoms with Gasteiger partial charge in [-0.1, -0.05) is 0 Å². The van der Waals surface area contributed by atoms with E-state index in [1.165, 1.54) is 0 Å². The van der Waals surface area contributed by atoms with Crippen LogP contribution in [0.4, 0.5) is 17.8 Å². The van der Waals surface area contributed by atoms with Crippen LogP contribution in [-0.4, -0.2) is 47.3 Å². The van der Waals surface area contributed by atoms with Gasteiger partial charge in [0.1, 0.15) is 0 Å². The normalized spacial score (nSPS) is 10.0. The fourth-order valence-electron chi connectivity index (χ4n) is 0.988. The Labute approximate surface area is 93.9 Å². The Kier molecular flexibility index (Phi) is 4.67. The summed E-state index contributed by atoms with van der Waals surface area (Å²) in [6, 6.07) is 0. The number of aliphatic hydroxyl groups excluding tert-OH is 1. The smallest absolute Gasteiger partial charge is 0.243 e. The first-order valence-electron chi connectivity index (χ1n) is 4.92. The van der Waals surface area contributed by atoms with Crippen LogP contribution in [0.15, 0.2) is 0 Å². The van der Waals surface area contributed by atoms with Gasteiger partial charge in [-0.3, -0.25) is 5.43 Å². The number of aromatic nitrogens is 3. The second kappa shape index (κ2) is 6.03. The van der Waals surface area contributed by atoms with Gasteiger partial charge in [-0.2, -0.15) is 15.0 Å². The van der Waals surface area contributed by atoms with E-state index >= 15 is 0 Å².